The molecule has 0 aromatic rings. The van der Waals surface area contributed by atoms with E-state index in [0.29, 0.717) is 0 Å². The second kappa shape index (κ2) is 1.76. The predicted octanol–water partition coefficient (Wildman–Crippen LogP) is 1.49. The van der Waals surface area contributed by atoms with Crippen LogP contribution in [-0.4, -0.2) is 24.0 Å². The van der Waals surface area contributed by atoms with Gasteiger partial charge in [0, 0.05) is 12.6 Å². The Bertz CT molecular complexity index is 121. The molecule has 0 N–H and O–H groups in total. The van der Waals surface area contributed by atoms with Crippen LogP contribution in [0.4, 0.5) is 0 Å². The van der Waals surface area contributed by atoms with Crippen molar-refractivity contribution in [3.8, 4) is 0 Å². The van der Waals surface area contributed by atoms with Crippen LogP contribution in [0.3, 0.4) is 0 Å². The monoisotopic (exact) mass is 137 g/mol. The van der Waals surface area contributed by atoms with Gasteiger partial charge in [0.1, 0.15) is 0 Å². The Morgan fingerprint density at radius 2 is 1.90 bits per heavy atom. The Labute approximate surface area is 62.4 Å². The summed E-state index contributed by atoms with van der Waals surface area (Å²) in [6, 6.07) is 1.03. The quantitative estimate of drug-likeness (QED) is 0.489. The molecule has 3 rings (SSSR count). The van der Waals surface area contributed by atoms with Crippen LogP contribution in [-0.2, 0) is 0 Å². The molecule has 56 valence electrons. The number of nitrogens with zero attached hydrogens (tertiary/aromatic N) is 1. The van der Waals surface area contributed by atoms with E-state index in [-0.39, 0.29) is 0 Å². The maximum Gasteiger partial charge on any atom is 0.0110 e. The van der Waals surface area contributed by atoms with Crippen molar-refractivity contribution >= 4 is 0 Å². The molecule has 2 saturated heterocycles. The van der Waals surface area contributed by atoms with Crippen LogP contribution >= 0.6 is 0 Å². The van der Waals surface area contributed by atoms with Gasteiger partial charge in [0.2, 0.25) is 0 Å². The van der Waals surface area contributed by atoms with Gasteiger partial charge in [0.25, 0.3) is 0 Å². The van der Waals surface area contributed by atoms with Crippen LogP contribution in [0.25, 0.3) is 0 Å². The lowest BCUT2D eigenvalue weighted by Crippen LogP contribution is -2.57. The molecule has 2 aliphatic heterocycles. The minimum Gasteiger partial charge on any atom is -0.300 e. The molecule has 0 bridgehead atoms. The van der Waals surface area contributed by atoms with Gasteiger partial charge < -0.3 is 0 Å². The van der Waals surface area contributed by atoms with Gasteiger partial charge in [0.15, 0.2) is 0 Å². The van der Waals surface area contributed by atoms with Gasteiger partial charge >= 0.3 is 0 Å². The first-order valence-corrected chi connectivity index (χ1v) is 4.67. The van der Waals surface area contributed by atoms with E-state index in [1.807, 2.05) is 0 Å². The number of hydrogen-bond acceptors (Lipinski definition) is 1. The van der Waals surface area contributed by atoms with Crippen LogP contribution in [0.5, 0.6) is 0 Å². The molecule has 2 heterocycles. The smallest absolute Gasteiger partial charge is 0.0110 e. The summed E-state index contributed by atoms with van der Waals surface area (Å²) in [6.07, 6.45) is 6.14. The molecule has 0 unspecified atom stereocenters. The molecule has 10 heavy (non-hydrogen) atoms. The third-order valence-electron chi connectivity index (χ3n) is 3.88. The van der Waals surface area contributed by atoms with Crippen molar-refractivity contribution in [3.05, 3.63) is 0 Å². The van der Waals surface area contributed by atoms with E-state index in [4.69, 9.17) is 0 Å². The fourth-order valence-electron chi connectivity index (χ4n) is 2.84. The molecular weight excluding hydrogens is 122 g/mol. The van der Waals surface area contributed by atoms with E-state index in [0.717, 1.165) is 17.9 Å². The topological polar surface area (TPSA) is 3.24 Å². The maximum absolute atomic E-state index is 2.69. The van der Waals surface area contributed by atoms with Gasteiger partial charge in [-0.3, -0.25) is 4.90 Å². The van der Waals surface area contributed by atoms with Crippen molar-refractivity contribution in [2.24, 2.45) is 11.8 Å². The molecule has 0 amide bonds. The maximum atomic E-state index is 2.69. The average molecular weight is 137 g/mol. The third-order valence-corrected chi connectivity index (χ3v) is 3.88. The second-order valence-corrected chi connectivity index (χ2v) is 4.27. The molecule has 0 aromatic carbocycles. The molecule has 0 aromatic heterocycles. The second-order valence-electron chi connectivity index (χ2n) is 4.27. The molecule has 1 aliphatic carbocycles. The summed E-state index contributed by atoms with van der Waals surface area (Å²) >= 11 is 0. The number of piperidine rings is 1. The summed E-state index contributed by atoms with van der Waals surface area (Å²) in [5.41, 5.74) is 0. The molecule has 3 aliphatic rings. The Morgan fingerprint density at radius 1 is 1.00 bits per heavy atom. The van der Waals surface area contributed by atoms with Crippen LogP contribution in [0, 0.1) is 11.8 Å². The lowest BCUT2D eigenvalue weighted by molar-refractivity contribution is -0.0471. The summed E-state index contributed by atoms with van der Waals surface area (Å²) in [5, 5.41) is 0. The first-order valence-electron chi connectivity index (χ1n) is 4.67. The Hall–Kier alpha value is -0.0400. The number of fused-ring (bicyclic) bond motifs is 2. The molecule has 1 nitrogen and oxygen atoms in total. The average Bonchev–Trinajstić information content (AvgIpc) is 1.82. The van der Waals surface area contributed by atoms with Crippen molar-refractivity contribution in [3.63, 3.8) is 0 Å². The molecule has 1 saturated carbocycles. The highest BCUT2D eigenvalue weighted by molar-refractivity contribution is 4.97. The van der Waals surface area contributed by atoms with E-state index >= 15 is 0 Å². The summed E-state index contributed by atoms with van der Waals surface area (Å²) in [6.45, 7) is 2.86. The van der Waals surface area contributed by atoms with Crippen molar-refractivity contribution in [1.82, 2.24) is 4.90 Å². The lowest BCUT2D eigenvalue weighted by atomic mass is 9.65. The molecule has 3 atom stereocenters. The predicted molar refractivity (Wildman–Crippen MR) is 40.8 cm³/mol. The summed E-state index contributed by atoms with van der Waals surface area (Å²) < 4.78 is 0. The Kier molecular flexibility index (Phi) is 0.984. The molecular formula is C9H15N. The van der Waals surface area contributed by atoms with Crippen molar-refractivity contribution < 1.29 is 0 Å². The first-order chi connectivity index (χ1) is 4.93. The minimum absolute atomic E-state index is 1.03. The zero-order chi connectivity index (χ0) is 6.55. The van der Waals surface area contributed by atoms with Gasteiger partial charge in [-0.1, -0.05) is 0 Å². The van der Waals surface area contributed by atoms with E-state index < -0.39 is 0 Å². The highest BCUT2D eigenvalue weighted by Crippen LogP contribution is 2.45. The highest BCUT2D eigenvalue weighted by atomic mass is 15.2. The van der Waals surface area contributed by atoms with E-state index in [1.54, 1.807) is 12.8 Å². The van der Waals surface area contributed by atoms with Gasteiger partial charge in [0.05, 0.1) is 0 Å². The fourth-order valence-corrected chi connectivity index (χ4v) is 2.84. The zero-order valence-corrected chi connectivity index (χ0v) is 6.42. The Balaban J connectivity index is 1.74. The van der Waals surface area contributed by atoms with Gasteiger partial charge in [-0.05, 0) is 44.1 Å². The van der Waals surface area contributed by atoms with Crippen LogP contribution < -0.4 is 0 Å². The van der Waals surface area contributed by atoms with Crippen molar-refractivity contribution in [2.45, 2.75) is 31.7 Å². The van der Waals surface area contributed by atoms with Crippen LogP contribution in [0.15, 0.2) is 0 Å². The summed E-state index contributed by atoms with van der Waals surface area (Å²) in [7, 11) is 0. The lowest BCUT2D eigenvalue weighted by Gasteiger charge is -2.54. The van der Waals surface area contributed by atoms with Crippen molar-refractivity contribution in [1.29, 1.82) is 0 Å². The molecule has 3 fully saturated rings. The SMILES string of the molecule is C1C[C@H]2CN3CC[C@@H]3C[C@H]12. The van der Waals surface area contributed by atoms with E-state index in [1.165, 1.54) is 25.9 Å². The van der Waals surface area contributed by atoms with Gasteiger partial charge in [-0.2, -0.15) is 0 Å². The van der Waals surface area contributed by atoms with Crippen LogP contribution in [0.1, 0.15) is 25.7 Å². The molecule has 0 spiro atoms. The molecule has 1 heteroatoms. The number of hydrogen-bond donors (Lipinski definition) is 0. The zero-order valence-electron chi connectivity index (χ0n) is 6.42. The first kappa shape index (κ1) is 5.59. The Morgan fingerprint density at radius 3 is 2.40 bits per heavy atom. The van der Waals surface area contributed by atoms with E-state index in [9.17, 15) is 0 Å². The summed E-state index contributed by atoms with van der Waals surface area (Å²) in [4.78, 5) is 2.69. The third kappa shape index (κ3) is 0.572. The summed E-state index contributed by atoms with van der Waals surface area (Å²) in [5.74, 6) is 2.28. The van der Waals surface area contributed by atoms with E-state index in [2.05, 4.69) is 4.90 Å². The van der Waals surface area contributed by atoms with Gasteiger partial charge in [-0.25, -0.2) is 0 Å². The largest absolute Gasteiger partial charge is 0.300 e. The van der Waals surface area contributed by atoms with Crippen molar-refractivity contribution in [2.75, 3.05) is 13.1 Å². The highest BCUT2D eigenvalue weighted by Gasteiger charge is 2.43. The fraction of sp³-hybridized carbons (Fsp3) is 1.00. The standard InChI is InChI=1S/C9H15N/c1-2-8-6-10-4-3-9(10)5-7(1)8/h7-9H,1-6H2/t7-,8-,9+/m0/s1. The number of rotatable bonds is 0. The normalized spacial score (nSPS) is 52.2. The minimum atomic E-state index is 1.03. The van der Waals surface area contributed by atoms with Gasteiger partial charge in [-0.15, -0.1) is 0 Å². The van der Waals surface area contributed by atoms with Crippen LogP contribution in [0.2, 0.25) is 0 Å². The molecule has 0 radical (unpaired) electrons.